The van der Waals surface area contributed by atoms with Gasteiger partial charge in [-0.2, -0.15) is 0 Å². The van der Waals surface area contributed by atoms with Crippen LogP contribution in [0.3, 0.4) is 0 Å². The van der Waals surface area contributed by atoms with Crippen LogP contribution in [0.25, 0.3) is 0 Å². The summed E-state index contributed by atoms with van der Waals surface area (Å²) in [6, 6.07) is 6.24. The number of rotatable bonds is 5. The summed E-state index contributed by atoms with van der Waals surface area (Å²) in [6.07, 6.45) is 0.436. The number of carbonyl (C=O) groups is 2. The van der Waals surface area contributed by atoms with Gasteiger partial charge in [-0.25, -0.2) is 9.59 Å². The minimum absolute atomic E-state index is 0.0491. The lowest BCUT2D eigenvalue weighted by Gasteiger charge is -2.36. The molecular formula is C19H28N2O4Si. The van der Waals surface area contributed by atoms with E-state index >= 15 is 0 Å². The zero-order chi connectivity index (χ0) is 19.7. The Hall–Kier alpha value is -2.28. The third-order valence-corrected chi connectivity index (χ3v) is 9.47. The number of aliphatic carboxylic acids is 1. The van der Waals surface area contributed by atoms with Crippen molar-refractivity contribution in [3.05, 3.63) is 41.1 Å². The van der Waals surface area contributed by atoms with Gasteiger partial charge in [-0.15, -0.1) is 0 Å². The Kier molecular flexibility index (Phi) is 5.51. The first kappa shape index (κ1) is 20.0. The quantitative estimate of drug-likeness (QED) is 0.673. The molecule has 0 radical (unpaired) electrons. The summed E-state index contributed by atoms with van der Waals surface area (Å²) in [7, 11) is -2.02. The van der Waals surface area contributed by atoms with E-state index in [4.69, 9.17) is 4.43 Å². The summed E-state index contributed by atoms with van der Waals surface area (Å²) >= 11 is 0. The predicted molar refractivity (Wildman–Crippen MR) is 104 cm³/mol. The lowest BCUT2D eigenvalue weighted by Crippen LogP contribution is -2.45. The number of carboxylic acids is 1. The predicted octanol–water partition coefficient (Wildman–Crippen LogP) is 4.17. The monoisotopic (exact) mass is 376 g/mol. The van der Waals surface area contributed by atoms with E-state index in [-0.39, 0.29) is 10.6 Å². The smallest absolute Gasteiger partial charge is 0.335 e. The van der Waals surface area contributed by atoms with E-state index in [1.165, 1.54) is 0 Å². The molecule has 1 atom stereocenters. The molecule has 1 aromatic rings. The molecule has 1 unspecified atom stereocenters. The molecule has 0 bridgehead atoms. The molecule has 3 N–H and O–H groups in total. The number of nitrogens with one attached hydrogen (secondary N) is 2. The van der Waals surface area contributed by atoms with Gasteiger partial charge in [0.2, 0.25) is 8.32 Å². The van der Waals surface area contributed by atoms with Crippen LogP contribution in [0.5, 0.6) is 5.75 Å². The SMILES string of the molecule is CCC1=C(C(=O)O)C(c2cccc(O[Si](C)(C)C(C)(C)C)c2)NC(=O)N1. The Morgan fingerprint density at radius 2 is 1.96 bits per heavy atom. The molecule has 0 fully saturated rings. The highest BCUT2D eigenvalue weighted by atomic mass is 28.4. The van der Waals surface area contributed by atoms with Crippen LogP contribution in [0.1, 0.15) is 45.7 Å². The van der Waals surface area contributed by atoms with Gasteiger partial charge < -0.3 is 20.2 Å². The maximum absolute atomic E-state index is 12.0. The van der Waals surface area contributed by atoms with E-state index in [0.29, 0.717) is 23.4 Å². The Labute approximate surface area is 155 Å². The normalized spacial score (nSPS) is 18.2. The van der Waals surface area contributed by atoms with E-state index in [9.17, 15) is 14.7 Å². The molecule has 142 valence electrons. The minimum atomic E-state index is -2.02. The highest BCUT2D eigenvalue weighted by Gasteiger charge is 2.39. The number of hydrogen-bond donors (Lipinski definition) is 3. The van der Waals surface area contributed by atoms with Crippen molar-refractivity contribution in [3.8, 4) is 5.75 Å². The van der Waals surface area contributed by atoms with Crippen LogP contribution < -0.4 is 15.1 Å². The van der Waals surface area contributed by atoms with Crippen LogP contribution >= 0.6 is 0 Å². The Morgan fingerprint density at radius 3 is 2.50 bits per heavy atom. The van der Waals surface area contributed by atoms with Gasteiger partial charge in [0.1, 0.15) is 5.75 Å². The zero-order valence-corrected chi connectivity index (χ0v) is 17.3. The minimum Gasteiger partial charge on any atom is -0.543 e. The van der Waals surface area contributed by atoms with Gasteiger partial charge in [0.25, 0.3) is 0 Å². The number of hydrogen-bond acceptors (Lipinski definition) is 3. The van der Waals surface area contributed by atoms with Crippen molar-refractivity contribution < 1.29 is 19.1 Å². The van der Waals surface area contributed by atoms with Crippen molar-refractivity contribution in [1.29, 1.82) is 0 Å². The molecule has 1 aromatic carbocycles. The van der Waals surface area contributed by atoms with Crippen LogP contribution in [-0.4, -0.2) is 25.4 Å². The first-order valence-electron chi connectivity index (χ1n) is 8.79. The fourth-order valence-corrected chi connectivity index (χ4v) is 3.63. The van der Waals surface area contributed by atoms with Gasteiger partial charge in [0.05, 0.1) is 11.6 Å². The fraction of sp³-hybridized carbons (Fsp3) is 0.474. The van der Waals surface area contributed by atoms with Crippen LogP contribution in [0.4, 0.5) is 4.79 Å². The third-order valence-electron chi connectivity index (χ3n) is 5.11. The van der Waals surface area contributed by atoms with E-state index in [1.807, 2.05) is 31.2 Å². The standard InChI is InChI=1S/C19H28N2O4Si/c1-7-14-15(17(22)23)16(21-18(24)20-14)12-9-8-10-13(11-12)25-26(5,6)19(2,3)4/h8-11,16H,7H2,1-6H3,(H,22,23)(H2,20,21,24). The fourth-order valence-electron chi connectivity index (χ4n) is 2.60. The number of carboxylic acid groups (broad SMARTS) is 1. The molecule has 2 rings (SSSR count). The zero-order valence-electron chi connectivity index (χ0n) is 16.3. The summed E-state index contributed by atoms with van der Waals surface area (Å²) in [5.74, 6) is -0.347. The van der Waals surface area contributed by atoms with Gasteiger partial charge in [0, 0.05) is 5.70 Å². The number of urea groups is 1. The van der Waals surface area contributed by atoms with Crippen molar-refractivity contribution >= 4 is 20.3 Å². The van der Waals surface area contributed by atoms with E-state index in [1.54, 1.807) is 0 Å². The Balaban J connectivity index is 2.43. The average Bonchev–Trinajstić information content (AvgIpc) is 2.52. The molecule has 2 amide bonds. The van der Waals surface area contributed by atoms with Crippen molar-refractivity contribution in [2.45, 2.75) is 58.3 Å². The largest absolute Gasteiger partial charge is 0.543 e. The van der Waals surface area contributed by atoms with Crippen LogP contribution in [0.2, 0.25) is 18.1 Å². The van der Waals surface area contributed by atoms with Crippen molar-refractivity contribution in [2.24, 2.45) is 0 Å². The molecule has 0 saturated heterocycles. The molecule has 6 nitrogen and oxygen atoms in total. The van der Waals surface area contributed by atoms with Crippen molar-refractivity contribution in [2.75, 3.05) is 0 Å². The lowest BCUT2D eigenvalue weighted by atomic mass is 9.94. The van der Waals surface area contributed by atoms with E-state index in [0.717, 1.165) is 0 Å². The Bertz CT molecular complexity index is 750. The molecule has 1 heterocycles. The highest BCUT2D eigenvalue weighted by Crippen LogP contribution is 2.38. The number of carbonyl (C=O) groups excluding carboxylic acids is 1. The lowest BCUT2D eigenvalue weighted by molar-refractivity contribution is -0.133. The van der Waals surface area contributed by atoms with Gasteiger partial charge in [-0.1, -0.05) is 39.8 Å². The second-order valence-electron chi connectivity index (χ2n) is 8.02. The first-order chi connectivity index (χ1) is 12.0. The van der Waals surface area contributed by atoms with E-state index in [2.05, 4.69) is 44.5 Å². The summed E-state index contributed by atoms with van der Waals surface area (Å²) < 4.78 is 6.32. The first-order valence-corrected chi connectivity index (χ1v) is 11.7. The maximum Gasteiger partial charge on any atom is 0.335 e. The molecule has 1 aliphatic rings. The summed E-state index contributed by atoms with van der Waals surface area (Å²) in [5.41, 5.74) is 1.29. The molecular weight excluding hydrogens is 348 g/mol. The van der Waals surface area contributed by atoms with Crippen LogP contribution in [-0.2, 0) is 4.79 Å². The van der Waals surface area contributed by atoms with Gasteiger partial charge in [0.15, 0.2) is 0 Å². The second kappa shape index (κ2) is 7.15. The van der Waals surface area contributed by atoms with Gasteiger partial charge in [-0.3, -0.25) is 0 Å². The Morgan fingerprint density at radius 1 is 1.31 bits per heavy atom. The number of amides is 2. The molecule has 1 aliphatic heterocycles. The number of allylic oxidation sites excluding steroid dienone is 1. The van der Waals surface area contributed by atoms with E-state index < -0.39 is 26.4 Å². The third kappa shape index (κ3) is 4.09. The number of benzene rings is 1. The topological polar surface area (TPSA) is 87.7 Å². The molecule has 0 spiro atoms. The van der Waals surface area contributed by atoms with Gasteiger partial charge >= 0.3 is 12.0 Å². The summed E-state index contributed by atoms with van der Waals surface area (Å²) in [6.45, 7) is 12.6. The summed E-state index contributed by atoms with van der Waals surface area (Å²) in [4.78, 5) is 23.7. The molecule has 7 heteroatoms. The van der Waals surface area contributed by atoms with Crippen molar-refractivity contribution in [3.63, 3.8) is 0 Å². The molecule has 0 saturated carbocycles. The highest BCUT2D eigenvalue weighted by molar-refractivity contribution is 6.74. The molecule has 0 aliphatic carbocycles. The van der Waals surface area contributed by atoms with Crippen molar-refractivity contribution in [1.82, 2.24) is 10.6 Å². The average molecular weight is 377 g/mol. The van der Waals surface area contributed by atoms with Crippen LogP contribution in [0.15, 0.2) is 35.5 Å². The maximum atomic E-state index is 12.0. The summed E-state index contributed by atoms with van der Waals surface area (Å²) in [5, 5.41) is 15.0. The molecule has 26 heavy (non-hydrogen) atoms. The second-order valence-corrected chi connectivity index (χ2v) is 12.7. The van der Waals surface area contributed by atoms with Crippen LogP contribution in [0, 0.1) is 0 Å². The van der Waals surface area contributed by atoms with Gasteiger partial charge in [-0.05, 0) is 42.2 Å². The molecule has 0 aromatic heterocycles.